The van der Waals surface area contributed by atoms with E-state index in [0.717, 1.165) is 29.8 Å². The van der Waals surface area contributed by atoms with Crippen LogP contribution in [0.15, 0.2) is 18.5 Å². The Kier molecular flexibility index (Phi) is 4.04. The molecule has 0 spiro atoms. The van der Waals surface area contributed by atoms with Crippen LogP contribution in [-0.4, -0.2) is 37.3 Å². The molecule has 0 bridgehead atoms. The summed E-state index contributed by atoms with van der Waals surface area (Å²) < 4.78 is 10.7. The Balaban J connectivity index is 2.70. The van der Waals surface area contributed by atoms with E-state index in [1.54, 1.807) is 20.5 Å². The van der Waals surface area contributed by atoms with Gasteiger partial charge in [-0.1, -0.05) is 0 Å². The highest BCUT2D eigenvalue weighted by Crippen LogP contribution is 2.36. The molecule has 0 saturated carbocycles. The Morgan fingerprint density at radius 1 is 1.05 bits per heavy atom. The van der Waals surface area contributed by atoms with E-state index in [4.69, 9.17) is 9.47 Å². The van der Waals surface area contributed by atoms with Crippen LogP contribution in [0.25, 0.3) is 10.9 Å². The lowest BCUT2D eigenvalue weighted by molar-refractivity contribution is 0.358. The van der Waals surface area contributed by atoms with Crippen LogP contribution in [-0.2, 0) is 0 Å². The first-order valence-corrected chi connectivity index (χ1v) is 6.37. The monoisotopic (exact) mass is 261 g/mol. The second kappa shape index (κ2) is 5.73. The Bertz CT molecular complexity index is 568. The molecule has 0 aliphatic heterocycles. The van der Waals surface area contributed by atoms with Gasteiger partial charge in [0.2, 0.25) is 0 Å². The lowest BCUT2D eigenvalue weighted by Gasteiger charge is -2.21. The van der Waals surface area contributed by atoms with Crippen molar-refractivity contribution in [3.05, 3.63) is 18.5 Å². The minimum atomic E-state index is 0.649. The standard InChI is InChI=1S/C14H19N3O2/c1-5-17(6-2)14-10-7-8-11(18-3)13(19-4)12(10)15-9-16-14/h7-9H,5-6H2,1-4H3. The molecule has 102 valence electrons. The second-order valence-electron chi connectivity index (χ2n) is 4.07. The molecule has 0 atom stereocenters. The number of nitrogens with zero attached hydrogens (tertiary/aromatic N) is 3. The number of ether oxygens (including phenoxy) is 2. The van der Waals surface area contributed by atoms with Crippen LogP contribution in [0.3, 0.4) is 0 Å². The van der Waals surface area contributed by atoms with Crippen LogP contribution in [0.5, 0.6) is 11.5 Å². The zero-order valence-electron chi connectivity index (χ0n) is 11.8. The number of anilines is 1. The molecule has 0 aliphatic rings. The number of hydrogen-bond acceptors (Lipinski definition) is 5. The van der Waals surface area contributed by atoms with Gasteiger partial charge in [0.25, 0.3) is 0 Å². The van der Waals surface area contributed by atoms with E-state index in [-0.39, 0.29) is 0 Å². The number of rotatable bonds is 5. The van der Waals surface area contributed by atoms with E-state index in [1.807, 2.05) is 12.1 Å². The molecule has 1 aromatic heterocycles. The number of aromatic nitrogens is 2. The number of hydrogen-bond donors (Lipinski definition) is 0. The summed E-state index contributed by atoms with van der Waals surface area (Å²) in [6, 6.07) is 3.86. The van der Waals surface area contributed by atoms with Crippen molar-refractivity contribution in [2.45, 2.75) is 13.8 Å². The van der Waals surface area contributed by atoms with Gasteiger partial charge in [-0.3, -0.25) is 0 Å². The van der Waals surface area contributed by atoms with E-state index in [9.17, 15) is 0 Å². The topological polar surface area (TPSA) is 47.5 Å². The highest BCUT2D eigenvalue weighted by atomic mass is 16.5. The first kappa shape index (κ1) is 13.4. The summed E-state index contributed by atoms with van der Waals surface area (Å²) in [4.78, 5) is 10.9. The zero-order chi connectivity index (χ0) is 13.8. The van der Waals surface area contributed by atoms with Gasteiger partial charge in [0.1, 0.15) is 17.7 Å². The lowest BCUT2D eigenvalue weighted by Crippen LogP contribution is -2.23. The maximum Gasteiger partial charge on any atom is 0.187 e. The summed E-state index contributed by atoms with van der Waals surface area (Å²) in [6.45, 7) is 6.02. The summed E-state index contributed by atoms with van der Waals surface area (Å²) in [6.07, 6.45) is 1.57. The molecule has 5 heteroatoms. The molecule has 5 nitrogen and oxygen atoms in total. The van der Waals surface area contributed by atoms with Gasteiger partial charge in [-0.15, -0.1) is 0 Å². The van der Waals surface area contributed by atoms with Crippen LogP contribution < -0.4 is 14.4 Å². The van der Waals surface area contributed by atoms with Crippen molar-refractivity contribution < 1.29 is 9.47 Å². The SMILES string of the molecule is CCN(CC)c1ncnc2c(OC)c(OC)ccc12. The van der Waals surface area contributed by atoms with Crippen molar-refractivity contribution in [1.29, 1.82) is 0 Å². The van der Waals surface area contributed by atoms with Crippen LogP contribution in [0.2, 0.25) is 0 Å². The average Bonchev–Trinajstić information content (AvgIpc) is 2.47. The molecule has 0 amide bonds. The van der Waals surface area contributed by atoms with Crippen molar-refractivity contribution in [2.75, 3.05) is 32.2 Å². The van der Waals surface area contributed by atoms with Gasteiger partial charge in [0.05, 0.1) is 14.2 Å². The number of methoxy groups -OCH3 is 2. The molecule has 0 aliphatic carbocycles. The molecule has 0 radical (unpaired) electrons. The van der Waals surface area contributed by atoms with Gasteiger partial charge in [-0.2, -0.15) is 0 Å². The Hall–Kier alpha value is -2.04. The predicted molar refractivity (Wildman–Crippen MR) is 76.2 cm³/mol. The third-order valence-corrected chi connectivity index (χ3v) is 3.19. The maximum absolute atomic E-state index is 5.42. The van der Waals surface area contributed by atoms with Gasteiger partial charge in [-0.25, -0.2) is 9.97 Å². The Morgan fingerprint density at radius 2 is 1.79 bits per heavy atom. The normalized spacial score (nSPS) is 10.5. The molecule has 2 rings (SSSR count). The maximum atomic E-state index is 5.42. The van der Waals surface area contributed by atoms with Crippen LogP contribution in [0, 0.1) is 0 Å². The number of fused-ring (bicyclic) bond motifs is 1. The first-order valence-electron chi connectivity index (χ1n) is 6.37. The zero-order valence-corrected chi connectivity index (χ0v) is 11.8. The van der Waals surface area contributed by atoms with E-state index < -0.39 is 0 Å². The summed E-state index contributed by atoms with van der Waals surface area (Å²) in [5.41, 5.74) is 0.777. The average molecular weight is 261 g/mol. The third kappa shape index (κ3) is 2.28. The van der Waals surface area contributed by atoms with Crippen LogP contribution in [0.1, 0.15) is 13.8 Å². The quantitative estimate of drug-likeness (QED) is 0.827. The second-order valence-corrected chi connectivity index (χ2v) is 4.07. The summed E-state index contributed by atoms with van der Waals surface area (Å²) in [5.74, 6) is 2.26. The molecular weight excluding hydrogens is 242 g/mol. The third-order valence-electron chi connectivity index (χ3n) is 3.19. The predicted octanol–water partition coefficient (Wildman–Crippen LogP) is 2.49. The van der Waals surface area contributed by atoms with Crippen molar-refractivity contribution in [2.24, 2.45) is 0 Å². The molecule has 0 N–H and O–H groups in total. The smallest absolute Gasteiger partial charge is 0.187 e. The minimum Gasteiger partial charge on any atom is -0.493 e. The van der Waals surface area contributed by atoms with Gasteiger partial charge >= 0.3 is 0 Å². The fourth-order valence-corrected chi connectivity index (χ4v) is 2.21. The Labute approximate surface area is 113 Å². The Morgan fingerprint density at radius 3 is 2.37 bits per heavy atom. The fourth-order valence-electron chi connectivity index (χ4n) is 2.21. The van der Waals surface area contributed by atoms with E-state index in [0.29, 0.717) is 11.5 Å². The molecule has 1 aromatic carbocycles. The van der Waals surface area contributed by atoms with Crippen molar-refractivity contribution >= 4 is 16.7 Å². The largest absolute Gasteiger partial charge is 0.493 e. The summed E-state index contributed by atoms with van der Waals surface area (Å²) in [5, 5.41) is 0.976. The molecule has 1 heterocycles. The fraction of sp³-hybridized carbons (Fsp3) is 0.429. The molecular formula is C14H19N3O2. The molecule has 0 saturated heterocycles. The minimum absolute atomic E-state index is 0.649. The lowest BCUT2D eigenvalue weighted by atomic mass is 10.2. The number of benzene rings is 1. The molecule has 19 heavy (non-hydrogen) atoms. The van der Waals surface area contributed by atoms with Gasteiger partial charge in [0.15, 0.2) is 11.5 Å². The van der Waals surface area contributed by atoms with Gasteiger partial charge < -0.3 is 14.4 Å². The van der Waals surface area contributed by atoms with Crippen LogP contribution in [0.4, 0.5) is 5.82 Å². The molecule has 0 fully saturated rings. The summed E-state index contributed by atoms with van der Waals surface area (Å²) >= 11 is 0. The van der Waals surface area contributed by atoms with E-state index in [2.05, 4.69) is 28.7 Å². The van der Waals surface area contributed by atoms with Crippen molar-refractivity contribution in [3.8, 4) is 11.5 Å². The van der Waals surface area contributed by atoms with Crippen molar-refractivity contribution in [1.82, 2.24) is 9.97 Å². The van der Waals surface area contributed by atoms with E-state index in [1.165, 1.54) is 0 Å². The van der Waals surface area contributed by atoms with Gasteiger partial charge in [-0.05, 0) is 26.0 Å². The highest BCUT2D eigenvalue weighted by Gasteiger charge is 2.15. The van der Waals surface area contributed by atoms with Crippen LogP contribution >= 0.6 is 0 Å². The van der Waals surface area contributed by atoms with Crippen molar-refractivity contribution in [3.63, 3.8) is 0 Å². The molecule has 0 unspecified atom stereocenters. The van der Waals surface area contributed by atoms with E-state index >= 15 is 0 Å². The summed E-state index contributed by atoms with van der Waals surface area (Å²) in [7, 11) is 3.24. The first-order chi connectivity index (χ1) is 9.26. The molecule has 2 aromatic rings. The highest BCUT2D eigenvalue weighted by molar-refractivity contribution is 5.95. The van der Waals surface area contributed by atoms with Gasteiger partial charge in [0, 0.05) is 18.5 Å².